The Balaban J connectivity index is 2.96. The first-order chi connectivity index (χ1) is 6.13. The van der Waals surface area contributed by atoms with Crippen molar-refractivity contribution in [2.75, 3.05) is 26.3 Å². The maximum absolute atomic E-state index is 11.5. The van der Waals surface area contributed by atoms with Gasteiger partial charge in [-0.25, -0.2) is 8.78 Å². The summed E-state index contributed by atoms with van der Waals surface area (Å²) in [6.07, 6.45) is -2.42. The molecule has 0 aliphatic rings. The summed E-state index contributed by atoms with van der Waals surface area (Å²) in [6.45, 7) is 0.317. The Morgan fingerprint density at radius 3 is 2.69 bits per heavy atom. The number of alkyl halides is 2. The van der Waals surface area contributed by atoms with Gasteiger partial charge in [0.15, 0.2) is 0 Å². The van der Waals surface area contributed by atoms with Gasteiger partial charge in [-0.1, -0.05) is 0 Å². The molecular formula is C7H13F2NO3. The molecule has 0 spiro atoms. The quantitative estimate of drug-likeness (QED) is 0.550. The lowest BCUT2D eigenvalue weighted by Gasteiger charge is -2.03. The maximum atomic E-state index is 11.5. The van der Waals surface area contributed by atoms with Crippen LogP contribution >= 0.6 is 0 Å². The van der Waals surface area contributed by atoms with Crippen LogP contribution in [-0.2, 0) is 9.53 Å². The topological polar surface area (TPSA) is 58.6 Å². The fraction of sp³-hybridized carbons (Fsp3) is 0.857. The zero-order chi connectivity index (χ0) is 10.1. The van der Waals surface area contributed by atoms with Crippen molar-refractivity contribution >= 4 is 5.97 Å². The largest absolute Gasteiger partial charge is 0.481 e. The number of aliphatic carboxylic acids is 1. The molecular weight excluding hydrogens is 184 g/mol. The standard InChI is InChI=1S/C7H13F2NO3/c8-6(9)5-13-4-3-10-2-1-7(11)12/h6,10H,1-5H2,(H,11,12). The van der Waals surface area contributed by atoms with Crippen LogP contribution in [0.5, 0.6) is 0 Å². The molecule has 0 amide bonds. The number of rotatable bonds is 8. The molecule has 0 radical (unpaired) electrons. The molecule has 0 aromatic carbocycles. The van der Waals surface area contributed by atoms with Gasteiger partial charge in [-0.2, -0.15) is 0 Å². The molecule has 2 N–H and O–H groups in total. The van der Waals surface area contributed by atoms with Crippen molar-refractivity contribution in [2.24, 2.45) is 0 Å². The first kappa shape index (κ1) is 12.2. The summed E-state index contributed by atoms with van der Waals surface area (Å²) >= 11 is 0. The van der Waals surface area contributed by atoms with E-state index in [0.29, 0.717) is 13.1 Å². The Labute approximate surface area is 74.9 Å². The van der Waals surface area contributed by atoms with Crippen molar-refractivity contribution < 1.29 is 23.4 Å². The zero-order valence-electron chi connectivity index (χ0n) is 7.13. The smallest absolute Gasteiger partial charge is 0.304 e. The van der Waals surface area contributed by atoms with Crippen LogP contribution in [0.15, 0.2) is 0 Å². The lowest BCUT2D eigenvalue weighted by molar-refractivity contribution is -0.136. The third-order valence-corrected chi connectivity index (χ3v) is 1.18. The van der Waals surface area contributed by atoms with Gasteiger partial charge in [0.2, 0.25) is 0 Å². The van der Waals surface area contributed by atoms with Crippen LogP contribution in [0.25, 0.3) is 0 Å². The summed E-state index contributed by atoms with van der Waals surface area (Å²) in [5, 5.41) is 11.0. The molecule has 0 saturated carbocycles. The normalized spacial score (nSPS) is 10.7. The molecule has 0 aliphatic carbocycles. The zero-order valence-corrected chi connectivity index (χ0v) is 7.13. The third kappa shape index (κ3) is 11.2. The second-order valence-electron chi connectivity index (χ2n) is 2.36. The van der Waals surface area contributed by atoms with E-state index in [0.717, 1.165) is 0 Å². The lowest BCUT2D eigenvalue weighted by atomic mass is 10.4. The summed E-state index contributed by atoms with van der Waals surface area (Å²) in [7, 11) is 0. The summed E-state index contributed by atoms with van der Waals surface area (Å²) in [4.78, 5) is 10.0. The fourth-order valence-electron chi connectivity index (χ4n) is 0.637. The number of carboxylic acids is 1. The van der Waals surface area contributed by atoms with Crippen LogP contribution in [0.3, 0.4) is 0 Å². The molecule has 78 valence electrons. The minimum absolute atomic E-state index is 0.0227. The van der Waals surface area contributed by atoms with E-state index in [-0.39, 0.29) is 13.0 Å². The first-order valence-electron chi connectivity index (χ1n) is 3.91. The highest BCUT2D eigenvalue weighted by Gasteiger charge is 2.00. The van der Waals surface area contributed by atoms with Gasteiger partial charge >= 0.3 is 5.97 Å². The molecule has 0 aromatic rings. The number of carboxylic acid groups (broad SMARTS) is 1. The van der Waals surface area contributed by atoms with Crippen LogP contribution in [0, 0.1) is 0 Å². The minimum Gasteiger partial charge on any atom is -0.481 e. The molecule has 13 heavy (non-hydrogen) atoms. The Bertz CT molecular complexity index is 144. The molecule has 0 atom stereocenters. The molecule has 0 fully saturated rings. The number of ether oxygens (including phenoxy) is 1. The van der Waals surface area contributed by atoms with Crippen LogP contribution < -0.4 is 5.32 Å². The van der Waals surface area contributed by atoms with E-state index in [9.17, 15) is 13.6 Å². The van der Waals surface area contributed by atoms with E-state index in [1.165, 1.54) is 0 Å². The molecule has 0 rings (SSSR count). The molecule has 4 nitrogen and oxygen atoms in total. The van der Waals surface area contributed by atoms with E-state index in [2.05, 4.69) is 10.1 Å². The monoisotopic (exact) mass is 197 g/mol. The second kappa shape index (κ2) is 7.88. The predicted octanol–water partition coefficient (Wildman–Crippen LogP) is 0.332. The summed E-state index contributed by atoms with van der Waals surface area (Å²) in [6, 6.07) is 0. The first-order valence-corrected chi connectivity index (χ1v) is 3.91. The molecule has 6 heteroatoms. The molecule has 0 aromatic heterocycles. The van der Waals surface area contributed by atoms with Crippen LogP contribution in [-0.4, -0.2) is 43.8 Å². The second-order valence-corrected chi connectivity index (χ2v) is 2.36. The van der Waals surface area contributed by atoms with E-state index >= 15 is 0 Å². The van der Waals surface area contributed by atoms with Crippen LogP contribution in [0.1, 0.15) is 6.42 Å². The van der Waals surface area contributed by atoms with Crippen LogP contribution in [0.2, 0.25) is 0 Å². The highest BCUT2D eigenvalue weighted by atomic mass is 19.3. The van der Waals surface area contributed by atoms with Gasteiger partial charge in [0.05, 0.1) is 13.0 Å². The third-order valence-electron chi connectivity index (χ3n) is 1.18. The summed E-state index contributed by atoms with van der Waals surface area (Å²) in [5.74, 6) is -0.888. The van der Waals surface area contributed by atoms with Crippen molar-refractivity contribution in [3.63, 3.8) is 0 Å². The number of nitrogens with one attached hydrogen (secondary N) is 1. The van der Waals surface area contributed by atoms with E-state index in [1.54, 1.807) is 0 Å². The van der Waals surface area contributed by atoms with E-state index < -0.39 is 19.0 Å². The number of hydrogen-bond acceptors (Lipinski definition) is 3. The van der Waals surface area contributed by atoms with Gasteiger partial charge in [0.1, 0.15) is 6.61 Å². The molecule has 0 aliphatic heterocycles. The number of hydrogen-bond donors (Lipinski definition) is 2. The van der Waals surface area contributed by atoms with Crippen molar-refractivity contribution in [3.05, 3.63) is 0 Å². The fourth-order valence-corrected chi connectivity index (χ4v) is 0.637. The van der Waals surface area contributed by atoms with Crippen molar-refractivity contribution in [2.45, 2.75) is 12.8 Å². The van der Waals surface area contributed by atoms with Gasteiger partial charge in [0, 0.05) is 13.1 Å². The summed E-state index contributed by atoms with van der Waals surface area (Å²) in [5.41, 5.74) is 0. The SMILES string of the molecule is O=C(O)CCNCCOCC(F)F. The number of carbonyl (C=O) groups is 1. The number of halogens is 2. The maximum Gasteiger partial charge on any atom is 0.304 e. The van der Waals surface area contributed by atoms with Gasteiger partial charge in [-0.3, -0.25) is 4.79 Å². The minimum atomic E-state index is -2.45. The Morgan fingerprint density at radius 1 is 1.46 bits per heavy atom. The van der Waals surface area contributed by atoms with Gasteiger partial charge < -0.3 is 15.2 Å². The Hall–Kier alpha value is -0.750. The average molecular weight is 197 g/mol. The van der Waals surface area contributed by atoms with Gasteiger partial charge in [0.25, 0.3) is 6.43 Å². The van der Waals surface area contributed by atoms with E-state index in [4.69, 9.17) is 5.11 Å². The van der Waals surface area contributed by atoms with Crippen molar-refractivity contribution in [3.8, 4) is 0 Å². The van der Waals surface area contributed by atoms with Crippen molar-refractivity contribution in [1.29, 1.82) is 0 Å². The molecule has 0 saturated heterocycles. The Kier molecular flexibility index (Phi) is 7.42. The lowest BCUT2D eigenvalue weighted by Crippen LogP contribution is -2.23. The predicted molar refractivity (Wildman–Crippen MR) is 41.9 cm³/mol. The molecule has 0 heterocycles. The summed E-state index contributed by atoms with van der Waals surface area (Å²) < 4.78 is 27.5. The van der Waals surface area contributed by atoms with Gasteiger partial charge in [-0.15, -0.1) is 0 Å². The highest BCUT2D eigenvalue weighted by molar-refractivity contribution is 5.66. The molecule has 0 bridgehead atoms. The highest BCUT2D eigenvalue weighted by Crippen LogP contribution is 1.91. The van der Waals surface area contributed by atoms with Gasteiger partial charge in [-0.05, 0) is 0 Å². The molecule has 0 unspecified atom stereocenters. The average Bonchev–Trinajstić information content (AvgIpc) is 2.01. The Morgan fingerprint density at radius 2 is 2.15 bits per heavy atom. The van der Waals surface area contributed by atoms with Crippen molar-refractivity contribution in [1.82, 2.24) is 5.32 Å². The van der Waals surface area contributed by atoms with E-state index in [1.807, 2.05) is 0 Å². The van der Waals surface area contributed by atoms with Crippen LogP contribution in [0.4, 0.5) is 8.78 Å².